The molecule has 2 aromatic rings. The number of benzene rings is 2. The van der Waals surface area contributed by atoms with Crippen LogP contribution in [0.1, 0.15) is 25.3 Å². The molecule has 3 rings (SSSR count). The van der Waals surface area contributed by atoms with E-state index in [1.54, 1.807) is 12.1 Å². The molecule has 0 aliphatic carbocycles. The van der Waals surface area contributed by atoms with E-state index in [1.165, 1.54) is 31.3 Å². The number of carbonyl (C=O) groups excluding carboxylic acids is 2. The second-order valence-corrected chi connectivity index (χ2v) is 7.10. The summed E-state index contributed by atoms with van der Waals surface area (Å²) in [5, 5.41) is 2.77. The number of nitrogens with zero attached hydrogens (tertiary/aromatic N) is 2. The molecule has 166 valence electrons. The first-order chi connectivity index (χ1) is 15.0. The molecular formula is C23H28N2O6. The smallest absolute Gasteiger partial charge is 0.429 e. The molecule has 0 unspecified atom stereocenters. The molecule has 0 saturated carbocycles. The summed E-state index contributed by atoms with van der Waals surface area (Å²) in [7, 11) is 4.51. The number of ether oxygens (including phenoxy) is 4. The van der Waals surface area contributed by atoms with Gasteiger partial charge in [-0.15, -0.1) is 0 Å². The second-order valence-electron chi connectivity index (χ2n) is 7.10. The monoisotopic (exact) mass is 428 g/mol. The molecule has 1 aliphatic rings. The van der Waals surface area contributed by atoms with Crippen molar-refractivity contribution in [2.75, 3.05) is 32.9 Å². The van der Waals surface area contributed by atoms with Crippen LogP contribution in [0, 0.1) is 0 Å². The van der Waals surface area contributed by atoms with E-state index >= 15 is 0 Å². The summed E-state index contributed by atoms with van der Waals surface area (Å²) < 4.78 is 21.6. The summed E-state index contributed by atoms with van der Waals surface area (Å²) in [4.78, 5) is 25.9. The highest BCUT2D eigenvalue weighted by Crippen LogP contribution is 2.42. The Labute approximate surface area is 182 Å². The van der Waals surface area contributed by atoms with E-state index in [-0.39, 0.29) is 25.0 Å². The minimum Gasteiger partial charge on any atom is -0.493 e. The van der Waals surface area contributed by atoms with E-state index in [4.69, 9.17) is 18.9 Å². The molecule has 1 aliphatic heterocycles. The SMILES string of the molecule is CCCC(=O)N(c1cc(OC)c(OC)c(OC)c1)N1C(=O)OC[C@H]1Cc1ccccc1. The summed E-state index contributed by atoms with van der Waals surface area (Å²) in [5.74, 6) is 0.951. The van der Waals surface area contributed by atoms with Crippen LogP contribution >= 0.6 is 0 Å². The molecule has 0 spiro atoms. The largest absolute Gasteiger partial charge is 0.493 e. The average Bonchev–Trinajstić information content (AvgIpc) is 3.13. The molecule has 8 heteroatoms. The maximum atomic E-state index is 13.2. The molecule has 1 saturated heterocycles. The first-order valence-corrected chi connectivity index (χ1v) is 10.2. The van der Waals surface area contributed by atoms with Gasteiger partial charge >= 0.3 is 6.09 Å². The van der Waals surface area contributed by atoms with Gasteiger partial charge in [0.2, 0.25) is 11.7 Å². The van der Waals surface area contributed by atoms with Crippen LogP contribution in [0.3, 0.4) is 0 Å². The molecular weight excluding hydrogens is 400 g/mol. The predicted molar refractivity (Wildman–Crippen MR) is 116 cm³/mol. The Hall–Kier alpha value is -3.42. The first-order valence-electron chi connectivity index (χ1n) is 10.2. The summed E-state index contributed by atoms with van der Waals surface area (Å²) in [6.07, 6.45) is 0.872. The van der Waals surface area contributed by atoms with E-state index in [0.717, 1.165) is 5.56 Å². The lowest BCUT2D eigenvalue weighted by Crippen LogP contribution is -2.52. The van der Waals surface area contributed by atoms with Crippen molar-refractivity contribution < 1.29 is 28.5 Å². The van der Waals surface area contributed by atoms with Crippen molar-refractivity contribution in [1.29, 1.82) is 0 Å². The number of rotatable bonds is 9. The highest BCUT2D eigenvalue weighted by Gasteiger charge is 2.40. The van der Waals surface area contributed by atoms with E-state index < -0.39 is 6.09 Å². The van der Waals surface area contributed by atoms with Crippen molar-refractivity contribution in [2.24, 2.45) is 0 Å². The number of anilines is 1. The zero-order valence-electron chi connectivity index (χ0n) is 18.3. The van der Waals surface area contributed by atoms with Gasteiger partial charge in [-0.05, 0) is 18.4 Å². The standard InChI is InChI=1S/C23H28N2O6/c1-5-9-21(26)24(17-13-19(28-2)22(30-4)20(14-17)29-3)25-18(15-31-23(25)27)12-16-10-7-6-8-11-16/h6-8,10-11,13-14,18H,5,9,12,15H2,1-4H3/t18-/m1/s1. The van der Waals surface area contributed by atoms with Crippen LogP contribution in [0.5, 0.6) is 17.2 Å². The highest BCUT2D eigenvalue weighted by molar-refractivity contribution is 5.96. The van der Waals surface area contributed by atoms with Crippen molar-refractivity contribution in [2.45, 2.75) is 32.2 Å². The molecule has 0 aromatic heterocycles. The van der Waals surface area contributed by atoms with Gasteiger partial charge in [-0.2, -0.15) is 0 Å². The van der Waals surface area contributed by atoms with Gasteiger partial charge in [0, 0.05) is 18.6 Å². The topological polar surface area (TPSA) is 77.5 Å². The molecule has 1 atom stereocenters. The first kappa shape index (κ1) is 22.3. The zero-order chi connectivity index (χ0) is 22.4. The van der Waals surface area contributed by atoms with Gasteiger partial charge in [0.25, 0.3) is 0 Å². The molecule has 0 radical (unpaired) electrons. The van der Waals surface area contributed by atoms with Crippen LogP contribution in [-0.2, 0) is 16.0 Å². The molecule has 2 aromatic carbocycles. The molecule has 1 heterocycles. The number of cyclic esters (lactones) is 1. The van der Waals surface area contributed by atoms with Gasteiger partial charge in [0.15, 0.2) is 11.5 Å². The fourth-order valence-electron chi connectivity index (χ4n) is 3.63. The van der Waals surface area contributed by atoms with E-state index in [2.05, 4.69) is 0 Å². The third-order valence-corrected chi connectivity index (χ3v) is 5.06. The van der Waals surface area contributed by atoms with E-state index in [1.807, 2.05) is 37.3 Å². The molecule has 2 amide bonds. The summed E-state index contributed by atoms with van der Waals surface area (Å²) >= 11 is 0. The van der Waals surface area contributed by atoms with Crippen LogP contribution in [-0.4, -0.2) is 51.0 Å². The van der Waals surface area contributed by atoms with Gasteiger partial charge in [0.05, 0.1) is 33.1 Å². The van der Waals surface area contributed by atoms with Gasteiger partial charge < -0.3 is 18.9 Å². The van der Waals surface area contributed by atoms with Gasteiger partial charge in [0.1, 0.15) is 6.61 Å². The van der Waals surface area contributed by atoms with E-state index in [0.29, 0.717) is 35.8 Å². The Morgan fingerprint density at radius 3 is 2.29 bits per heavy atom. The molecule has 1 fully saturated rings. The molecule has 8 nitrogen and oxygen atoms in total. The van der Waals surface area contributed by atoms with Crippen LogP contribution < -0.4 is 19.2 Å². The van der Waals surface area contributed by atoms with Crippen LogP contribution in [0.25, 0.3) is 0 Å². The van der Waals surface area contributed by atoms with Gasteiger partial charge in [-0.3, -0.25) is 4.79 Å². The fraction of sp³-hybridized carbons (Fsp3) is 0.391. The number of methoxy groups -OCH3 is 3. The Morgan fingerprint density at radius 2 is 1.74 bits per heavy atom. The van der Waals surface area contributed by atoms with Crippen LogP contribution in [0.2, 0.25) is 0 Å². The molecule has 0 bridgehead atoms. The summed E-state index contributed by atoms with van der Waals surface area (Å²) in [6, 6.07) is 12.8. The van der Waals surface area contributed by atoms with Crippen molar-refractivity contribution in [3.05, 3.63) is 48.0 Å². The van der Waals surface area contributed by atoms with Crippen molar-refractivity contribution in [3.8, 4) is 17.2 Å². The van der Waals surface area contributed by atoms with Crippen LogP contribution in [0.4, 0.5) is 10.5 Å². The maximum Gasteiger partial charge on any atom is 0.429 e. The zero-order valence-corrected chi connectivity index (χ0v) is 18.3. The Kier molecular flexibility index (Phi) is 7.23. The molecule has 31 heavy (non-hydrogen) atoms. The number of hydrazine groups is 1. The molecule has 0 N–H and O–H groups in total. The lowest BCUT2D eigenvalue weighted by Gasteiger charge is -2.34. The van der Waals surface area contributed by atoms with Gasteiger partial charge in [-0.1, -0.05) is 37.3 Å². The average molecular weight is 428 g/mol. The third-order valence-electron chi connectivity index (χ3n) is 5.06. The second kappa shape index (κ2) is 10.1. The number of amides is 2. The normalized spacial score (nSPS) is 15.4. The highest BCUT2D eigenvalue weighted by atomic mass is 16.6. The lowest BCUT2D eigenvalue weighted by molar-refractivity contribution is -0.121. The van der Waals surface area contributed by atoms with Crippen LogP contribution in [0.15, 0.2) is 42.5 Å². The number of hydrogen-bond donors (Lipinski definition) is 0. The quantitative estimate of drug-likeness (QED) is 0.604. The fourth-order valence-corrected chi connectivity index (χ4v) is 3.63. The van der Waals surface area contributed by atoms with Crippen molar-refractivity contribution in [1.82, 2.24) is 5.01 Å². The van der Waals surface area contributed by atoms with Crippen molar-refractivity contribution in [3.63, 3.8) is 0 Å². The Balaban J connectivity index is 2.06. The Morgan fingerprint density at radius 1 is 1.10 bits per heavy atom. The summed E-state index contributed by atoms with van der Waals surface area (Å²) in [5.41, 5.74) is 1.48. The Bertz CT molecular complexity index is 893. The summed E-state index contributed by atoms with van der Waals surface area (Å²) in [6.45, 7) is 2.10. The minimum absolute atomic E-state index is 0.189. The minimum atomic E-state index is -0.570. The third kappa shape index (κ3) is 4.68. The number of hydrogen-bond acceptors (Lipinski definition) is 6. The van der Waals surface area contributed by atoms with E-state index in [9.17, 15) is 9.59 Å². The predicted octanol–water partition coefficient (Wildman–Crippen LogP) is 3.82. The lowest BCUT2D eigenvalue weighted by atomic mass is 10.1. The number of carbonyl (C=O) groups is 2. The maximum absolute atomic E-state index is 13.2. The van der Waals surface area contributed by atoms with Crippen molar-refractivity contribution >= 4 is 17.7 Å². The van der Waals surface area contributed by atoms with Gasteiger partial charge in [-0.25, -0.2) is 14.8 Å².